The van der Waals surface area contributed by atoms with Gasteiger partial charge in [0.25, 0.3) is 0 Å². The van der Waals surface area contributed by atoms with Gasteiger partial charge in [0.15, 0.2) is 0 Å². The fraction of sp³-hybridized carbons (Fsp3) is 0.933. The van der Waals surface area contributed by atoms with Crippen LogP contribution in [-0.2, 0) is 9.53 Å². The summed E-state index contributed by atoms with van der Waals surface area (Å²) >= 11 is 0. The summed E-state index contributed by atoms with van der Waals surface area (Å²) in [5, 5.41) is 20.5. The summed E-state index contributed by atoms with van der Waals surface area (Å²) in [6, 6.07) is 0. The fourth-order valence-electron chi connectivity index (χ4n) is 3.21. The molecule has 0 heterocycles. The molecule has 6 nitrogen and oxygen atoms in total. The van der Waals surface area contributed by atoms with Crippen LogP contribution >= 0.6 is 0 Å². The number of carbonyl (C=O) groups excluding carboxylic acids is 1. The SMILES string of the molecule is CCOC(=O)CCCCCC[C@@H]1[C@@H](C[N+](=O)[O-])CC[C@H]1O. The van der Waals surface area contributed by atoms with Crippen LogP contribution in [0.25, 0.3) is 0 Å². The van der Waals surface area contributed by atoms with E-state index in [0.29, 0.717) is 19.4 Å². The first-order valence-electron chi connectivity index (χ1n) is 8.00. The van der Waals surface area contributed by atoms with Gasteiger partial charge in [0, 0.05) is 17.3 Å². The van der Waals surface area contributed by atoms with Gasteiger partial charge in [0.2, 0.25) is 6.54 Å². The third-order valence-corrected chi connectivity index (χ3v) is 4.29. The van der Waals surface area contributed by atoms with E-state index in [2.05, 4.69) is 0 Å². The number of unbranched alkanes of at least 4 members (excludes halogenated alkanes) is 3. The van der Waals surface area contributed by atoms with Gasteiger partial charge in [-0.05, 0) is 38.5 Å². The highest BCUT2D eigenvalue weighted by atomic mass is 16.6. The molecule has 1 N–H and O–H groups in total. The Balaban J connectivity index is 2.13. The molecule has 0 spiro atoms. The van der Waals surface area contributed by atoms with Gasteiger partial charge in [-0.1, -0.05) is 19.3 Å². The third kappa shape index (κ3) is 6.89. The molecule has 122 valence electrons. The normalized spacial score (nSPS) is 25.0. The second-order valence-corrected chi connectivity index (χ2v) is 5.84. The van der Waals surface area contributed by atoms with Crippen LogP contribution in [0.2, 0.25) is 0 Å². The zero-order valence-electron chi connectivity index (χ0n) is 12.8. The minimum absolute atomic E-state index is 0.0227. The smallest absolute Gasteiger partial charge is 0.305 e. The predicted octanol–water partition coefficient (Wildman–Crippen LogP) is 2.55. The van der Waals surface area contributed by atoms with Gasteiger partial charge < -0.3 is 9.84 Å². The lowest BCUT2D eigenvalue weighted by atomic mass is 9.89. The first kappa shape index (κ1) is 17.9. The first-order chi connectivity index (χ1) is 10.0. The lowest BCUT2D eigenvalue weighted by Gasteiger charge is -2.19. The molecule has 0 bridgehead atoms. The predicted molar refractivity (Wildman–Crippen MR) is 78.4 cm³/mol. The van der Waals surface area contributed by atoms with Crippen LogP contribution in [0.1, 0.15) is 58.3 Å². The average Bonchev–Trinajstić information content (AvgIpc) is 2.74. The molecule has 0 aliphatic heterocycles. The van der Waals surface area contributed by atoms with E-state index in [1.165, 1.54) is 0 Å². The van der Waals surface area contributed by atoms with E-state index in [4.69, 9.17) is 4.74 Å². The maximum absolute atomic E-state index is 11.2. The van der Waals surface area contributed by atoms with E-state index in [-0.39, 0.29) is 35.4 Å². The van der Waals surface area contributed by atoms with Crippen molar-refractivity contribution in [1.82, 2.24) is 0 Å². The van der Waals surface area contributed by atoms with E-state index in [1.807, 2.05) is 0 Å². The molecule has 1 rings (SSSR count). The lowest BCUT2D eigenvalue weighted by molar-refractivity contribution is -0.489. The summed E-state index contributed by atoms with van der Waals surface area (Å²) in [5.74, 6) is -0.0512. The Hall–Kier alpha value is -1.17. The molecule has 1 fully saturated rings. The van der Waals surface area contributed by atoms with E-state index < -0.39 is 0 Å². The molecule has 0 aromatic heterocycles. The van der Waals surface area contributed by atoms with Crippen molar-refractivity contribution in [3.8, 4) is 0 Å². The second kappa shape index (κ2) is 9.71. The van der Waals surface area contributed by atoms with E-state index in [9.17, 15) is 20.0 Å². The Morgan fingerprint density at radius 1 is 1.29 bits per heavy atom. The van der Waals surface area contributed by atoms with Crippen LogP contribution in [0.15, 0.2) is 0 Å². The van der Waals surface area contributed by atoms with Crippen molar-refractivity contribution in [3.63, 3.8) is 0 Å². The van der Waals surface area contributed by atoms with Crippen molar-refractivity contribution in [2.75, 3.05) is 13.2 Å². The Morgan fingerprint density at radius 2 is 2.00 bits per heavy atom. The van der Waals surface area contributed by atoms with Gasteiger partial charge in [-0.2, -0.15) is 0 Å². The summed E-state index contributed by atoms with van der Waals surface area (Å²) in [6.45, 7) is 2.20. The number of esters is 1. The number of hydrogen-bond donors (Lipinski definition) is 1. The van der Waals surface area contributed by atoms with Crippen LogP contribution in [0, 0.1) is 22.0 Å². The molecule has 6 heteroatoms. The molecule has 0 radical (unpaired) electrons. The number of aliphatic hydroxyl groups excluding tert-OH is 1. The summed E-state index contributed by atoms with van der Waals surface area (Å²) in [5.41, 5.74) is 0. The number of carbonyl (C=O) groups is 1. The van der Waals surface area contributed by atoms with Crippen LogP contribution < -0.4 is 0 Å². The molecule has 3 atom stereocenters. The fourth-order valence-corrected chi connectivity index (χ4v) is 3.21. The van der Waals surface area contributed by atoms with Crippen molar-refractivity contribution in [2.24, 2.45) is 11.8 Å². The molecular formula is C15H27NO5. The standard InChI is InChI=1S/C15H27NO5/c1-2-21-15(18)8-6-4-3-5-7-13-12(11-16(19)20)9-10-14(13)17/h12-14,17H,2-11H2,1H3/t12-,13-,14-/m1/s1. The van der Waals surface area contributed by atoms with Gasteiger partial charge in [-0.25, -0.2) is 0 Å². The van der Waals surface area contributed by atoms with E-state index >= 15 is 0 Å². The van der Waals surface area contributed by atoms with Crippen LogP contribution in [0.3, 0.4) is 0 Å². The molecule has 0 aromatic rings. The summed E-state index contributed by atoms with van der Waals surface area (Å²) in [4.78, 5) is 21.5. The number of nitro groups is 1. The first-order valence-corrected chi connectivity index (χ1v) is 8.00. The second-order valence-electron chi connectivity index (χ2n) is 5.84. The number of hydrogen-bond acceptors (Lipinski definition) is 5. The number of aliphatic hydroxyl groups is 1. The van der Waals surface area contributed by atoms with Gasteiger partial charge in [0.05, 0.1) is 12.7 Å². The average molecular weight is 301 g/mol. The number of rotatable bonds is 10. The molecule has 1 aliphatic carbocycles. The van der Waals surface area contributed by atoms with Gasteiger partial charge in [-0.3, -0.25) is 14.9 Å². The molecular weight excluding hydrogens is 274 g/mol. The lowest BCUT2D eigenvalue weighted by Crippen LogP contribution is -2.24. The molecule has 0 aromatic carbocycles. The third-order valence-electron chi connectivity index (χ3n) is 4.29. The molecule has 0 amide bonds. The zero-order chi connectivity index (χ0) is 15.7. The minimum Gasteiger partial charge on any atom is -0.466 e. The largest absolute Gasteiger partial charge is 0.466 e. The number of ether oxygens (including phenoxy) is 1. The Labute approximate surface area is 126 Å². The van der Waals surface area contributed by atoms with Crippen LogP contribution in [0.5, 0.6) is 0 Å². The summed E-state index contributed by atoms with van der Waals surface area (Å²) < 4.78 is 4.86. The summed E-state index contributed by atoms with van der Waals surface area (Å²) in [7, 11) is 0. The molecule has 0 saturated heterocycles. The topological polar surface area (TPSA) is 89.7 Å². The summed E-state index contributed by atoms with van der Waals surface area (Å²) in [6.07, 6.45) is 6.11. The highest BCUT2D eigenvalue weighted by Gasteiger charge is 2.37. The Bertz CT molecular complexity index is 334. The Morgan fingerprint density at radius 3 is 2.67 bits per heavy atom. The monoisotopic (exact) mass is 301 g/mol. The quantitative estimate of drug-likeness (QED) is 0.290. The minimum atomic E-state index is -0.380. The van der Waals surface area contributed by atoms with Gasteiger partial charge in [-0.15, -0.1) is 0 Å². The highest BCUT2D eigenvalue weighted by Crippen LogP contribution is 2.35. The zero-order valence-corrected chi connectivity index (χ0v) is 12.8. The van der Waals surface area contributed by atoms with Crippen LogP contribution in [0.4, 0.5) is 0 Å². The van der Waals surface area contributed by atoms with Crippen molar-refractivity contribution < 1.29 is 19.6 Å². The Kier molecular flexibility index (Phi) is 8.27. The maximum Gasteiger partial charge on any atom is 0.305 e. The molecule has 0 unspecified atom stereocenters. The van der Waals surface area contributed by atoms with Crippen LogP contribution in [-0.4, -0.2) is 35.3 Å². The van der Waals surface area contributed by atoms with Crippen molar-refractivity contribution in [3.05, 3.63) is 10.1 Å². The van der Waals surface area contributed by atoms with Crippen molar-refractivity contribution >= 4 is 5.97 Å². The van der Waals surface area contributed by atoms with Gasteiger partial charge in [0.1, 0.15) is 0 Å². The number of nitrogens with zero attached hydrogens (tertiary/aromatic N) is 1. The molecule has 1 saturated carbocycles. The van der Waals surface area contributed by atoms with E-state index in [1.54, 1.807) is 6.92 Å². The van der Waals surface area contributed by atoms with E-state index in [0.717, 1.165) is 38.5 Å². The maximum atomic E-state index is 11.2. The molecule has 1 aliphatic rings. The van der Waals surface area contributed by atoms with Gasteiger partial charge >= 0.3 is 5.97 Å². The van der Waals surface area contributed by atoms with Crippen molar-refractivity contribution in [2.45, 2.75) is 64.4 Å². The molecule has 21 heavy (non-hydrogen) atoms. The van der Waals surface area contributed by atoms with Crippen molar-refractivity contribution in [1.29, 1.82) is 0 Å². The highest BCUT2D eigenvalue weighted by molar-refractivity contribution is 5.69.